The third-order valence-corrected chi connectivity index (χ3v) is 4.95. The summed E-state index contributed by atoms with van der Waals surface area (Å²) in [6, 6.07) is 11.6. The molecule has 28 heavy (non-hydrogen) atoms. The van der Waals surface area contributed by atoms with E-state index in [0.29, 0.717) is 5.65 Å². The Morgan fingerprint density at radius 1 is 1.11 bits per heavy atom. The van der Waals surface area contributed by atoms with Crippen LogP contribution in [0.15, 0.2) is 47.5 Å². The largest absolute Gasteiger partial charge is 0.352 e. The summed E-state index contributed by atoms with van der Waals surface area (Å²) in [7, 11) is 0. The Morgan fingerprint density at radius 3 is 2.64 bits per heavy atom. The number of carbonyl (C=O) groups excluding carboxylic acids is 1. The van der Waals surface area contributed by atoms with E-state index in [9.17, 15) is 9.59 Å². The van der Waals surface area contributed by atoms with Gasteiger partial charge in [0.1, 0.15) is 12.9 Å². The van der Waals surface area contributed by atoms with E-state index in [1.54, 1.807) is 0 Å². The molecule has 1 amide bonds. The van der Waals surface area contributed by atoms with Crippen LogP contribution in [0.4, 0.5) is 5.69 Å². The molecular formula is C21H21N5O2. The first-order valence-electron chi connectivity index (χ1n) is 9.21. The molecule has 0 atom stereocenters. The summed E-state index contributed by atoms with van der Waals surface area (Å²) in [5, 5.41) is 8.11. The zero-order chi connectivity index (χ0) is 19.8. The minimum atomic E-state index is -0.387. The number of aromatic nitrogens is 4. The molecule has 7 heteroatoms. The molecule has 4 aromatic rings. The van der Waals surface area contributed by atoms with Crippen molar-refractivity contribution in [2.75, 3.05) is 5.32 Å². The van der Waals surface area contributed by atoms with Crippen molar-refractivity contribution >= 4 is 28.1 Å². The fraction of sp³-hybridized carbons (Fsp3) is 0.238. The van der Waals surface area contributed by atoms with Gasteiger partial charge >= 0.3 is 5.69 Å². The Morgan fingerprint density at radius 2 is 1.86 bits per heavy atom. The van der Waals surface area contributed by atoms with Gasteiger partial charge in [0.2, 0.25) is 5.91 Å². The summed E-state index contributed by atoms with van der Waals surface area (Å²) in [5.74, 6) is -0.289. The van der Waals surface area contributed by atoms with Crippen LogP contribution < -0.4 is 11.0 Å². The first-order chi connectivity index (χ1) is 13.5. The van der Waals surface area contributed by atoms with Gasteiger partial charge in [0.25, 0.3) is 0 Å². The van der Waals surface area contributed by atoms with Crippen molar-refractivity contribution in [3.05, 3.63) is 69.9 Å². The number of nitrogens with zero attached hydrogens (tertiary/aromatic N) is 4. The van der Waals surface area contributed by atoms with Crippen molar-refractivity contribution < 1.29 is 4.79 Å². The molecule has 0 aliphatic rings. The maximum Gasteiger partial charge on any atom is 0.352 e. The van der Waals surface area contributed by atoms with Gasteiger partial charge in [0.05, 0.1) is 5.52 Å². The molecule has 2 aromatic carbocycles. The molecule has 0 spiro atoms. The smallest absolute Gasteiger partial charge is 0.324 e. The Kier molecular flexibility index (Phi) is 4.43. The van der Waals surface area contributed by atoms with Crippen LogP contribution in [0.3, 0.4) is 0 Å². The molecule has 0 aliphatic carbocycles. The lowest BCUT2D eigenvalue weighted by atomic mass is 10.1. The van der Waals surface area contributed by atoms with Gasteiger partial charge < -0.3 is 5.32 Å². The minimum absolute atomic E-state index is 0.161. The van der Waals surface area contributed by atoms with Gasteiger partial charge in [-0.2, -0.15) is 0 Å². The fourth-order valence-electron chi connectivity index (χ4n) is 3.45. The average molecular weight is 375 g/mol. The van der Waals surface area contributed by atoms with E-state index >= 15 is 0 Å². The number of aryl methyl sites for hydroxylation is 3. The first-order valence-corrected chi connectivity index (χ1v) is 9.21. The summed E-state index contributed by atoms with van der Waals surface area (Å²) in [6.07, 6.45) is 2.27. The molecule has 7 nitrogen and oxygen atoms in total. The molecular weight excluding hydrogens is 354 g/mol. The number of amides is 1. The maximum absolute atomic E-state index is 12.7. The number of hydrogen-bond acceptors (Lipinski definition) is 4. The summed E-state index contributed by atoms with van der Waals surface area (Å²) >= 11 is 0. The normalized spacial score (nSPS) is 11.2. The van der Waals surface area contributed by atoms with Crippen molar-refractivity contribution in [2.24, 2.45) is 0 Å². The lowest BCUT2D eigenvalue weighted by molar-refractivity contribution is -0.117. The van der Waals surface area contributed by atoms with Crippen LogP contribution in [-0.4, -0.2) is 25.1 Å². The Balaban J connectivity index is 1.70. The number of fused-ring (bicyclic) bond motifs is 3. The summed E-state index contributed by atoms with van der Waals surface area (Å²) in [5.41, 5.74) is 4.75. The van der Waals surface area contributed by atoms with Gasteiger partial charge in [-0.05, 0) is 43.0 Å². The molecule has 142 valence electrons. The Labute approximate surface area is 161 Å². The lowest BCUT2D eigenvalue weighted by Gasteiger charge is -2.12. The topological polar surface area (TPSA) is 81.3 Å². The van der Waals surface area contributed by atoms with Crippen LogP contribution in [0.1, 0.15) is 23.6 Å². The van der Waals surface area contributed by atoms with Crippen LogP contribution in [0, 0.1) is 13.8 Å². The number of rotatable bonds is 4. The van der Waals surface area contributed by atoms with Gasteiger partial charge in [-0.15, -0.1) is 5.10 Å². The Hall–Kier alpha value is -3.48. The molecule has 0 saturated carbocycles. The second kappa shape index (κ2) is 6.92. The fourth-order valence-corrected chi connectivity index (χ4v) is 3.45. The van der Waals surface area contributed by atoms with Crippen molar-refractivity contribution in [2.45, 2.75) is 33.7 Å². The van der Waals surface area contributed by atoms with Crippen molar-refractivity contribution in [1.29, 1.82) is 0 Å². The second-order valence-electron chi connectivity index (χ2n) is 6.86. The van der Waals surface area contributed by atoms with E-state index in [0.717, 1.165) is 39.7 Å². The van der Waals surface area contributed by atoms with E-state index in [1.807, 2.05) is 57.2 Å². The average Bonchev–Trinajstić information content (AvgIpc) is 3.00. The SMILES string of the molecule is CCc1cccc(C)c1NC(=O)Cn1nc2c3cccc(C)c3ncn2c1=O. The lowest BCUT2D eigenvalue weighted by Crippen LogP contribution is -2.28. The molecule has 0 radical (unpaired) electrons. The molecule has 0 fully saturated rings. The summed E-state index contributed by atoms with van der Waals surface area (Å²) in [6.45, 7) is 5.79. The van der Waals surface area contributed by atoms with E-state index in [2.05, 4.69) is 15.4 Å². The quantitative estimate of drug-likeness (QED) is 0.595. The van der Waals surface area contributed by atoms with E-state index < -0.39 is 0 Å². The summed E-state index contributed by atoms with van der Waals surface area (Å²) in [4.78, 5) is 29.7. The number of nitrogens with one attached hydrogen (secondary N) is 1. The maximum atomic E-state index is 12.7. The molecule has 2 aromatic heterocycles. The van der Waals surface area contributed by atoms with Crippen molar-refractivity contribution in [3.8, 4) is 0 Å². The van der Waals surface area contributed by atoms with Crippen LogP contribution in [0.25, 0.3) is 16.6 Å². The number of carbonyl (C=O) groups is 1. The molecule has 0 saturated heterocycles. The van der Waals surface area contributed by atoms with Gasteiger partial charge in [-0.3, -0.25) is 4.79 Å². The van der Waals surface area contributed by atoms with Crippen LogP contribution >= 0.6 is 0 Å². The molecule has 2 heterocycles. The van der Waals surface area contributed by atoms with Crippen LogP contribution in [0.2, 0.25) is 0 Å². The molecule has 0 bridgehead atoms. The van der Waals surface area contributed by atoms with Gasteiger partial charge in [0.15, 0.2) is 5.65 Å². The van der Waals surface area contributed by atoms with Crippen molar-refractivity contribution in [3.63, 3.8) is 0 Å². The minimum Gasteiger partial charge on any atom is -0.324 e. The number of benzene rings is 2. The predicted molar refractivity (Wildman–Crippen MR) is 109 cm³/mol. The number of anilines is 1. The third-order valence-electron chi connectivity index (χ3n) is 4.95. The molecule has 0 unspecified atom stereocenters. The molecule has 0 aliphatic heterocycles. The second-order valence-corrected chi connectivity index (χ2v) is 6.86. The van der Waals surface area contributed by atoms with E-state index in [-0.39, 0.29) is 18.1 Å². The monoisotopic (exact) mass is 375 g/mol. The van der Waals surface area contributed by atoms with Gasteiger partial charge in [-0.25, -0.2) is 18.9 Å². The van der Waals surface area contributed by atoms with Crippen molar-refractivity contribution in [1.82, 2.24) is 19.2 Å². The standard InChI is InChI=1S/C21H21N5O2/c1-4-15-9-5-7-13(2)18(15)23-17(27)11-26-21(28)25-12-22-19-14(3)8-6-10-16(19)20(25)24-26/h5-10,12H,4,11H2,1-3H3,(H,23,27). The predicted octanol–water partition coefficient (Wildman–Crippen LogP) is 2.86. The van der Waals surface area contributed by atoms with E-state index in [4.69, 9.17) is 0 Å². The van der Waals surface area contributed by atoms with Crippen LogP contribution in [0.5, 0.6) is 0 Å². The van der Waals surface area contributed by atoms with Gasteiger partial charge in [-0.1, -0.05) is 37.3 Å². The first kappa shape index (κ1) is 17.9. The molecule has 1 N–H and O–H groups in total. The third kappa shape index (κ3) is 2.94. The van der Waals surface area contributed by atoms with E-state index in [1.165, 1.54) is 15.4 Å². The molecule has 4 rings (SSSR count). The highest BCUT2D eigenvalue weighted by Gasteiger charge is 2.15. The number of hydrogen-bond donors (Lipinski definition) is 1. The zero-order valence-corrected chi connectivity index (χ0v) is 16.1. The highest BCUT2D eigenvalue weighted by molar-refractivity contribution is 5.93. The van der Waals surface area contributed by atoms with Crippen LogP contribution in [-0.2, 0) is 17.8 Å². The highest BCUT2D eigenvalue weighted by atomic mass is 16.2. The van der Waals surface area contributed by atoms with Gasteiger partial charge in [0, 0.05) is 11.1 Å². The number of para-hydroxylation sites is 2. The zero-order valence-electron chi connectivity index (χ0n) is 16.1. The summed E-state index contributed by atoms with van der Waals surface area (Å²) < 4.78 is 2.55. The highest BCUT2D eigenvalue weighted by Crippen LogP contribution is 2.21. The Bertz CT molecular complexity index is 1270.